The van der Waals surface area contributed by atoms with Gasteiger partial charge in [-0.1, -0.05) is 36.4 Å². The molecule has 106 valence electrons. The summed E-state index contributed by atoms with van der Waals surface area (Å²) < 4.78 is 0. The maximum atomic E-state index is 9.84. The van der Waals surface area contributed by atoms with Crippen LogP contribution >= 0.6 is 11.8 Å². The number of aromatic nitrogens is 1. The molecule has 1 aromatic heterocycles. The molecular weight excluding hydrogens is 268 g/mol. The van der Waals surface area contributed by atoms with Gasteiger partial charge in [0.25, 0.3) is 0 Å². The van der Waals surface area contributed by atoms with Crippen LogP contribution in [0.5, 0.6) is 0 Å². The molecule has 1 aromatic carbocycles. The van der Waals surface area contributed by atoms with E-state index in [0.29, 0.717) is 0 Å². The van der Waals surface area contributed by atoms with Crippen molar-refractivity contribution >= 4 is 11.8 Å². The number of hydrogen-bond acceptors (Lipinski definition) is 4. The SMILES string of the molecule is CNC(CO)(CCSc1ccccn1)c1ccccc1. The molecule has 0 aliphatic heterocycles. The molecule has 0 aliphatic carbocycles. The Morgan fingerprint density at radius 3 is 2.50 bits per heavy atom. The van der Waals surface area contributed by atoms with Crippen molar-refractivity contribution in [2.24, 2.45) is 0 Å². The van der Waals surface area contributed by atoms with E-state index in [1.165, 1.54) is 0 Å². The van der Waals surface area contributed by atoms with E-state index in [2.05, 4.69) is 22.4 Å². The fourth-order valence-corrected chi connectivity index (χ4v) is 3.15. The molecule has 2 rings (SSSR count). The number of benzene rings is 1. The van der Waals surface area contributed by atoms with Gasteiger partial charge < -0.3 is 10.4 Å². The molecule has 20 heavy (non-hydrogen) atoms. The number of aliphatic hydroxyl groups excluding tert-OH is 1. The first kappa shape index (κ1) is 15.0. The first-order valence-corrected chi connectivity index (χ1v) is 7.68. The quantitative estimate of drug-likeness (QED) is 0.769. The van der Waals surface area contributed by atoms with Crippen LogP contribution < -0.4 is 5.32 Å². The molecule has 0 fully saturated rings. The van der Waals surface area contributed by atoms with Crippen molar-refractivity contribution in [3.63, 3.8) is 0 Å². The van der Waals surface area contributed by atoms with Gasteiger partial charge in [0.2, 0.25) is 0 Å². The van der Waals surface area contributed by atoms with Crippen LogP contribution in [0.3, 0.4) is 0 Å². The van der Waals surface area contributed by atoms with Gasteiger partial charge in [-0.05, 0) is 31.2 Å². The molecule has 0 aliphatic rings. The predicted octanol–water partition coefficient (Wildman–Crippen LogP) is 2.67. The van der Waals surface area contributed by atoms with Gasteiger partial charge in [0.15, 0.2) is 0 Å². The molecule has 0 bridgehead atoms. The Morgan fingerprint density at radius 1 is 1.15 bits per heavy atom. The standard InChI is InChI=1S/C16H20N2OS/c1-17-16(13-19,14-7-3-2-4-8-14)10-12-20-15-9-5-6-11-18-15/h2-9,11,17,19H,10,12-13H2,1H3. The molecule has 4 heteroatoms. The summed E-state index contributed by atoms with van der Waals surface area (Å²) in [7, 11) is 1.90. The van der Waals surface area contributed by atoms with E-state index < -0.39 is 0 Å². The number of rotatable bonds is 7. The van der Waals surface area contributed by atoms with Crippen molar-refractivity contribution in [2.45, 2.75) is 17.0 Å². The molecule has 0 amide bonds. The average molecular weight is 288 g/mol. The van der Waals surface area contributed by atoms with Crippen LogP contribution in [0.25, 0.3) is 0 Å². The van der Waals surface area contributed by atoms with Crippen molar-refractivity contribution in [1.29, 1.82) is 0 Å². The minimum Gasteiger partial charge on any atom is -0.394 e. The summed E-state index contributed by atoms with van der Waals surface area (Å²) in [5.41, 5.74) is 0.731. The third-order valence-corrected chi connectivity index (χ3v) is 4.44. The van der Waals surface area contributed by atoms with Gasteiger partial charge in [0, 0.05) is 11.9 Å². The summed E-state index contributed by atoms with van der Waals surface area (Å²) >= 11 is 1.71. The molecule has 1 heterocycles. The van der Waals surface area contributed by atoms with Crippen LogP contribution in [0.4, 0.5) is 0 Å². The maximum Gasteiger partial charge on any atom is 0.0959 e. The number of thioether (sulfide) groups is 1. The van der Waals surface area contributed by atoms with Gasteiger partial charge in [-0.2, -0.15) is 0 Å². The van der Waals surface area contributed by atoms with Crippen LogP contribution in [0.1, 0.15) is 12.0 Å². The lowest BCUT2D eigenvalue weighted by Gasteiger charge is -2.32. The summed E-state index contributed by atoms with van der Waals surface area (Å²) in [6, 6.07) is 16.0. The lowest BCUT2D eigenvalue weighted by atomic mass is 9.88. The molecule has 0 saturated heterocycles. The maximum absolute atomic E-state index is 9.84. The van der Waals surface area contributed by atoms with E-state index in [0.717, 1.165) is 22.8 Å². The Morgan fingerprint density at radius 2 is 1.90 bits per heavy atom. The molecule has 0 radical (unpaired) electrons. The van der Waals surface area contributed by atoms with Crippen LogP contribution in [0.15, 0.2) is 59.8 Å². The number of nitrogens with one attached hydrogen (secondary N) is 1. The minimum absolute atomic E-state index is 0.0797. The molecule has 3 nitrogen and oxygen atoms in total. The van der Waals surface area contributed by atoms with Crippen molar-refractivity contribution < 1.29 is 5.11 Å². The zero-order valence-corrected chi connectivity index (χ0v) is 12.4. The Labute approximate surface area is 124 Å². The van der Waals surface area contributed by atoms with Gasteiger partial charge in [-0.15, -0.1) is 11.8 Å². The van der Waals surface area contributed by atoms with Gasteiger partial charge in [-0.3, -0.25) is 0 Å². The van der Waals surface area contributed by atoms with E-state index >= 15 is 0 Å². The topological polar surface area (TPSA) is 45.1 Å². The zero-order chi connectivity index (χ0) is 14.3. The highest BCUT2D eigenvalue weighted by atomic mass is 32.2. The first-order valence-electron chi connectivity index (χ1n) is 6.70. The largest absolute Gasteiger partial charge is 0.394 e. The van der Waals surface area contributed by atoms with Crippen molar-refractivity contribution in [1.82, 2.24) is 10.3 Å². The number of pyridine rings is 1. The Balaban J connectivity index is 2.03. The molecule has 2 N–H and O–H groups in total. The second-order valence-electron chi connectivity index (χ2n) is 4.62. The molecule has 2 aromatic rings. The summed E-state index contributed by atoms with van der Waals surface area (Å²) in [6.07, 6.45) is 2.64. The van der Waals surface area contributed by atoms with E-state index in [-0.39, 0.29) is 12.1 Å². The van der Waals surface area contributed by atoms with Gasteiger partial charge in [0.1, 0.15) is 0 Å². The number of hydrogen-bond donors (Lipinski definition) is 2. The van der Waals surface area contributed by atoms with E-state index in [9.17, 15) is 5.11 Å². The first-order chi connectivity index (χ1) is 9.80. The fourth-order valence-electron chi connectivity index (χ4n) is 2.18. The zero-order valence-electron chi connectivity index (χ0n) is 11.6. The molecule has 1 atom stereocenters. The Bertz CT molecular complexity index is 500. The lowest BCUT2D eigenvalue weighted by Crippen LogP contribution is -2.44. The Kier molecular flexibility index (Phi) is 5.59. The fraction of sp³-hybridized carbons (Fsp3) is 0.312. The third kappa shape index (κ3) is 3.60. The van der Waals surface area contributed by atoms with Crippen molar-refractivity contribution in [3.05, 3.63) is 60.3 Å². The molecule has 0 saturated carbocycles. The second-order valence-corrected chi connectivity index (χ2v) is 5.74. The Hall–Kier alpha value is -1.36. The lowest BCUT2D eigenvalue weighted by molar-refractivity contribution is 0.165. The van der Waals surface area contributed by atoms with Crippen molar-refractivity contribution in [3.8, 4) is 0 Å². The van der Waals surface area contributed by atoms with E-state index in [4.69, 9.17) is 0 Å². The molecular formula is C16H20N2OS. The predicted molar refractivity (Wildman–Crippen MR) is 83.8 cm³/mol. The van der Waals surface area contributed by atoms with Crippen LogP contribution in [-0.4, -0.2) is 29.5 Å². The minimum atomic E-state index is -0.386. The van der Waals surface area contributed by atoms with Gasteiger partial charge >= 0.3 is 0 Å². The van der Waals surface area contributed by atoms with Gasteiger partial charge in [-0.25, -0.2) is 4.98 Å². The van der Waals surface area contributed by atoms with E-state index in [1.807, 2.05) is 43.4 Å². The summed E-state index contributed by atoms with van der Waals surface area (Å²) in [5.74, 6) is 0.896. The highest BCUT2D eigenvalue weighted by Gasteiger charge is 2.29. The highest BCUT2D eigenvalue weighted by Crippen LogP contribution is 2.27. The molecule has 0 spiro atoms. The summed E-state index contributed by atoms with van der Waals surface area (Å²) in [4.78, 5) is 4.30. The van der Waals surface area contributed by atoms with Gasteiger partial charge in [0.05, 0.1) is 17.2 Å². The number of nitrogens with zero attached hydrogens (tertiary/aromatic N) is 1. The number of likely N-dealkylation sites (N-methyl/N-ethyl adjacent to an activating group) is 1. The third-order valence-electron chi connectivity index (χ3n) is 3.49. The number of aliphatic hydroxyl groups is 1. The van der Waals surface area contributed by atoms with Crippen LogP contribution in [0.2, 0.25) is 0 Å². The highest BCUT2D eigenvalue weighted by molar-refractivity contribution is 7.99. The second kappa shape index (κ2) is 7.43. The van der Waals surface area contributed by atoms with E-state index in [1.54, 1.807) is 18.0 Å². The summed E-state index contributed by atoms with van der Waals surface area (Å²) in [5, 5.41) is 14.1. The smallest absolute Gasteiger partial charge is 0.0959 e. The monoisotopic (exact) mass is 288 g/mol. The average Bonchev–Trinajstić information content (AvgIpc) is 2.54. The van der Waals surface area contributed by atoms with Crippen LogP contribution in [-0.2, 0) is 5.54 Å². The molecule has 1 unspecified atom stereocenters. The summed E-state index contributed by atoms with van der Waals surface area (Å²) in [6.45, 7) is 0.0797. The normalized spacial score (nSPS) is 13.9. The van der Waals surface area contributed by atoms with Crippen LogP contribution in [0, 0.1) is 0 Å². The van der Waals surface area contributed by atoms with Crippen molar-refractivity contribution in [2.75, 3.05) is 19.4 Å².